The first-order valence-electron chi connectivity index (χ1n) is 6.71. The molecule has 2 aromatic heterocycles. The molecule has 0 fully saturated rings. The monoisotopic (exact) mass is 301 g/mol. The lowest BCUT2D eigenvalue weighted by Crippen LogP contribution is -1.97. The smallest absolute Gasteiger partial charge is 0.163 e. The van der Waals surface area contributed by atoms with Crippen LogP contribution in [-0.4, -0.2) is 21.7 Å². The molecule has 0 aliphatic rings. The predicted molar refractivity (Wildman–Crippen MR) is 83.6 cm³/mol. The molecular formula is C16H16ClN3O. The van der Waals surface area contributed by atoms with Crippen LogP contribution in [0.5, 0.6) is 0 Å². The number of hydrogen-bond acceptors (Lipinski definition) is 3. The van der Waals surface area contributed by atoms with Crippen LogP contribution in [0.3, 0.4) is 0 Å². The van der Waals surface area contributed by atoms with Gasteiger partial charge in [-0.25, -0.2) is 9.50 Å². The van der Waals surface area contributed by atoms with Gasteiger partial charge in [0.25, 0.3) is 0 Å². The van der Waals surface area contributed by atoms with E-state index in [-0.39, 0.29) is 0 Å². The van der Waals surface area contributed by atoms with Crippen LogP contribution in [0.25, 0.3) is 16.8 Å². The SMILES string of the molecule is COCc1nn2c(C)cc(C)nc2c1-c1ccc(Cl)cc1. The van der Waals surface area contributed by atoms with Crippen molar-refractivity contribution in [3.63, 3.8) is 0 Å². The summed E-state index contributed by atoms with van der Waals surface area (Å²) < 4.78 is 7.15. The Kier molecular flexibility index (Phi) is 3.66. The number of rotatable bonds is 3. The maximum absolute atomic E-state index is 5.98. The summed E-state index contributed by atoms with van der Waals surface area (Å²) in [6.07, 6.45) is 0. The third kappa shape index (κ3) is 2.52. The summed E-state index contributed by atoms with van der Waals surface area (Å²) in [5, 5.41) is 5.35. The normalized spacial score (nSPS) is 11.2. The second-order valence-electron chi connectivity index (χ2n) is 5.04. The lowest BCUT2D eigenvalue weighted by Gasteiger charge is -2.04. The van der Waals surface area contributed by atoms with E-state index in [0.717, 1.165) is 33.9 Å². The van der Waals surface area contributed by atoms with Crippen LogP contribution in [0.1, 0.15) is 17.1 Å². The molecule has 0 bridgehead atoms. The van der Waals surface area contributed by atoms with E-state index in [0.29, 0.717) is 11.6 Å². The molecule has 0 saturated carbocycles. The molecule has 0 unspecified atom stereocenters. The molecule has 3 aromatic rings. The molecule has 21 heavy (non-hydrogen) atoms. The summed E-state index contributed by atoms with van der Waals surface area (Å²) in [6, 6.07) is 9.73. The number of aromatic nitrogens is 3. The largest absolute Gasteiger partial charge is 0.378 e. The van der Waals surface area contributed by atoms with Crippen molar-refractivity contribution < 1.29 is 4.74 Å². The Labute approximate surface area is 128 Å². The quantitative estimate of drug-likeness (QED) is 0.738. The van der Waals surface area contributed by atoms with Gasteiger partial charge in [-0.1, -0.05) is 23.7 Å². The Balaban J connectivity index is 2.32. The van der Waals surface area contributed by atoms with Crippen LogP contribution in [0.15, 0.2) is 30.3 Å². The van der Waals surface area contributed by atoms with E-state index in [1.54, 1.807) is 7.11 Å². The van der Waals surface area contributed by atoms with Crippen LogP contribution in [0.4, 0.5) is 0 Å². The molecule has 0 atom stereocenters. The highest BCUT2D eigenvalue weighted by Crippen LogP contribution is 2.29. The van der Waals surface area contributed by atoms with Gasteiger partial charge in [0, 0.05) is 23.5 Å². The molecule has 1 aromatic carbocycles. The average Bonchev–Trinajstić information content (AvgIpc) is 2.79. The van der Waals surface area contributed by atoms with Gasteiger partial charge in [-0.3, -0.25) is 0 Å². The Bertz CT molecular complexity index is 793. The third-order valence-corrected chi connectivity index (χ3v) is 3.63. The van der Waals surface area contributed by atoms with Crippen LogP contribution in [0.2, 0.25) is 5.02 Å². The van der Waals surface area contributed by atoms with Crippen molar-refractivity contribution in [3.05, 3.63) is 52.4 Å². The summed E-state index contributed by atoms with van der Waals surface area (Å²) in [4.78, 5) is 4.65. The van der Waals surface area contributed by atoms with E-state index in [1.165, 1.54) is 0 Å². The topological polar surface area (TPSA) is 39.4 Å². The summed E-state index contributed by atoms with van der Waals surface area (Å²) in [7, 11) is 1.67. The first-order chi connectivity index (χ1) is 10.1. The zero-order chi connectivity index (χ0) is 15.0. The number of ether oxygens (including phenoxy) is 1. The van der Waals surface area contributed by atoms with Crippen LogP contribution < -0.4 is 0 Å². The van der Waals surface area contributed by atoms with E-state index in [2.05, 4.69) is 10.1 Å². The molecule has 5 heteroatoms. The standard InChI is InChI=1S/C16H16ClN3O/c1-10-8-11(2)20-16(18-10)15(14(19-20)9-21-3)12-4-6-13(17)7-5-12/h4-8H,9H2,1-3H3. The maximum atomic E-state index is 5.98. The van der Waals surface area contributed by atoms with E-state index in [4.69, 9.17) is 16.3 Å². The zero-order valence-corrected chi connectivity index (χ0v) is 13.0. The Morgan fingerprint density at radius 1 is 1.19 bits per heavy atom. The second-order valence-corrected chi connectivity index (χ2v) is 5.47. The van der Waals surface area contributed by atoms with Gasteiger partial charge in [-0.05, 0) is 37.6 Å². The average molecular weight is 302 g/mol. The number of aryl methyl sites for hydroxylation is 2. The number of nitrogens with zero attached hydrogens (tertiary/aromatic N) is 3. The van der Waals surface area contributed by atoms with Gasteiger partial charge in [0.1, 0.15) is 0 Å². The molecule has 4 nitrogen and oxygen atoms in total. The highest BCUT2D eigenvalue weighted by atomic mass is 35.5. The first kappa shape index (κ1) is 14.0. The third-order valence-electron chi connectivity index (χ3n) is 3.38. The summed E-state index contributed by atoms with van der Waals surface area (Å²) in [5.74, 6) is 0. The zero-order valence-electron chi connectivity index (χ0n) is 12.2. The van der Waals surface area contributed by atoms with Gasteiger partial charge >= 0.3 is 0 Å². The van der Waals surface area contributed by atoms with Gasteiger partial charge < -0.3 is 4.74 Å². The van der Waals surface area contributed by atoms with Crippen molar-refractivity contribution in [1.29, 1.82) is 0 Å². The lowest BCUT2D eigenvalue weighted by atomic mass is 10.1. The number of benzene rings is 1. The molecule has 0 spiro atoms. The van der Waals surface area contributed by atoms with Crippen molar-refractivity contribution in [3.8, 4) is 11.1 Å². The lowest BCUT2D eigenvalue weighted by molar-refractivity contribution is 0.181. The molecule has 0 radical (unpaired) electrons. The molecule has 0 N–H and O–H groups in total. The Morgan fingerprint density at radius 2 is 1.90 bits per heavy atom. The summed E-state index contributed by atoms with van der Waals surface area (Å²) in [6.45, 7) is 4.46. The van der Waals surface area contributed by atoms with Gasteiger partial charge in [-0.15, -0.1) is 0 Å². The minimum Gasteiger partial charge on any atom is -0.378 e. The van der Waals surface area contributed by atoms with Gasteiger partial charge in [0.15, 0.2) is 5.65 Å². The molecule has 0 aliphatic carbocycles. The van der Waals surface area contributed by atoms with Crippen molar-refractivity contribution in [2.45, 2.75) is 20.5 Å². The maximum Gasteiger partial charge on any atom is 0.163 e. The molecular weight excluding hydrogens is 286 g/mol. The fourth-order valence-electron chi connectivity index (χ4n) is 2.51. The van der Waals surface area contributed by atoms with E-state index in [9.17, 15) is 0 Å². The fourth-order valence-corrected chi connectivity index (χ4v) is 2.64. The van der Waals surface area contributed by atoms with Gasteiger partial charge in [-0.2, -0.15) is 5.10 Å². The molecule has 0 amide bonds. The molecule has 0 aliphatic heterocycles. The van der Waals surface area contributed by atoms with Gasteiger partial charge in [0.2, 0.25) is 0 Å². The molecule has 3 rings (SSSR count). The van der Waals surface area contributed by atoms with Crippen LogP contribution in [0, 0.1) is 13.8 Å². The highest BCUT2D eigenvalue weighted by molar-refractivity contribution is 6.30. The molecule has 2 heterocycles. The summed E-state index contributed by atoms with van der Waals surface area (Å²) in [5.41, 5.74) is 5.79. The number of hydrogen-bond donors (Lipinski definition) is 0. The molecule has 0 saturated heterocycles. The number of methoxy groups -OCH3 is 1. The Hall–Kier alpha value is -1.91. The van der Waals surface area contributed by atoms with Crippen molar-refractivity contribution in [1.82, 2.24) is 14.6 Å². The first-order valence-corrected chi connectivity index (χ1v) is 7.08. The van der Waals surface area contributed by atoms with Crippen LogP contribution >= 0.6 is 11.6 Å². The van der Waals surface area contributed by atoms with Crippen molar-refractivity contribution >= 4 is 17.2 Å². The van der Waals surface area contributed by atoms with E-state index in [1.807, 2.05) is 48.7 Å². The number of halogens is 1. The fraction of sp³-hybridized carbons (Fsp3) is 0.250. The van der Waals surface area contributed by atoms with E-state index >= 15 is 0 Å². The number of fused-ring (bicyclic) bond motifs is 1. The Morgan fingerprint density at radius 3 is 2.57 bits per heavy atom. The summed E-state index contributed by atoms with van der Waals surface area (Å²) >= 11 is 5.98. The molecule has 108 valence electrons. The van der Waals surface area contributed by atoms with Crippen molar-refractivity contribution in [2.24, 2.45) is 0 Å². The van der Waals surface area contributed by atoms with Crippen molar-refractivity contribution in [2.75, 3.05) is 7.11 Å². The van der Waals surface area contributed by atoms with Gasteiger partial charge in [0.05, 0.1) is 17.9 Å². The van der Waals surface area contributed by atoms with E-state index < -0.39 is 0 Å². The van der Waals surface area contributed by atoms with Crippen LogP contribution in [-0.2, 0) is 11.3 Å². The minimum atomic E-state index is 0.444. The predicted octanol–water partition coefficient (Wildman–Crippen LogP) is 3.81. The highest BCUT2D eigenvalue weighted by Gasteiger charge is 2.17. The minimum absolute atomic E-state index is 0.444. The second kappa shape index (κ2) is 5.47.